The number of aromatic amines is 1. The summed E-state index contributed by atoms with van der Waals surface area (Å²) in [5, 5.41) is 8.91. The minimum Gasteiger partial charge on any atom is -0.465 e. The average Bonchev–Trinajstić information content (AvgIpc) is 2.99. The van der Waals surface area contributed by atoms with Gasteiger partial charge in [-0.25, -0.2) is 4.79 Å². The molecule has 0 aliphatic carbocycles. The second-order valence-corrected chi connectivity index (χ2v) is 4.71. The first-order valence-electron chi connectivity index (χ1n) is 6.31. The fourth-order valence-corrected chi connectivity index (χ4v) is 2.37. The Hall–Kier alpha value is -2.62. The van der Waals surface area contributed by atoms with Crippen LogP contribution in [0.2, 0.25) is 0 Å². The van der Waals surface area contributed by atoms with Gasteiger partial charge in [0, 0.05) is 11.8 Å². The Morgan fingerprint density at radius 1 is 1.20 bits per heavy atom. The number of carbonyl (C=O) groups excluding carboxylic acids is 1. The largest absolute Gasteiger partial charge is 0.465 e. The first kappa shape index (κ1) is 12.4. The number of carbonyl (C=O) groups is 1. The number of hydrogen-bond donors (Lipinski definition) is 1. The van der Waals surface area contributed by atoms with Crippen molar-refractivity contribution < 1.29 is 9.53 Å². The molecular weight excluding hydrogens is 252 g/mol. The molecule has 0 atom stereocenters. The van der Waals surface area contributed by atoms with E-state index in [0.29, 0.717) is 5.56 Å². The van der Waals surface area contributed by atoms with Crippen LogP contribution in [-0.4, -0.2) is 23.3 Å². The number of nitrogens with one attached hydrogen (secondary N) is 1. The van der Waals surface area contributed by atoms with Gasteiger partial charge in [0.1, 0.15) is 0 Å². The van der Waals surface area contributed by atoms with E-state index in [1.54, 1.807) is 12.3 Å². The van der Waals surface area contributed by atoms with Gasteiger partial charge in [-0.15, -0.1) is 0 Å². The van der Waals surface area contributed by atoms with Crippen LogP contribution < -0.4 is 0 Å². The van der Waals surface area contributed by atoms with Crippen molar-refractivity contribution in [3.05, 3.63) is 53.9 Å². The topological polar surface area (TPSA) is 55.0 Å². The van der Waals surface area contributed by atoms with Gasteiger partial charge in [-0.1, -0.05) is 12.1 Å². The van der Waals surface area contributed by atoms with Gasteiger partial charge in [0.15, 0.2) is 0 Å². The number of hydrogen-bond acceptors (Lipinski definition) is 3. The fourth-order valence-electron chi connectivity index (χ4n) is 2.37. The van der Waals surface area contributed by atoms with Crippen LogP contribution in [0.25, 0.3) is 21.9 Å². The number of nitrogens with zero attached hydrogens (tertiary/aromatic N) is 1. The van der Waals surface area contributed by atoms with Crippen molar-refractivity contribution in [2.45, 2.75) is 6.92 Å². The maximum Gasteiger partial charge on any atom is 0.337 e. The fraction of sp³-hybridized carbons (Fsp3) is 0.125. The molecule has 0 saturated carbocycles. The summed E-state index contributed by atoms with van der Waals surface area (Å²) in [7, 11) is 1.39. The van der Waals surface area contributed by atoms with Gasteiger partial charge in [-0.05, 0) is 47.0 Å². The minimum atomic E-state index is -0.322. The summed E-state index contributed by atoms with van der Waals surface area (Å²) >= 11 is 0. The van der Waals surface area contributed by atoms with Crippen LogP contribution in [0.3, 0.4) is 0 Å². The minimum absolute atomic E-state index is 0.322. The van der Waals surface area contributed by atoms with Gasteiger partial charge < -0.3 is 4.74 Å². The molecule has 0 fully saturated rings. The van der Waals surface area contributed by atoms with E-state index in [-0.39, 0.29) is 5.97 Å². The summed E-state index contributed by atoms with van der Waals surface area (Å²) in [6.07, 6.45) is 3.65. The zero-order valence-corrected chi connectivity index (χ0v) is 11.3. The average molecular weight is 266 g/mol. The van der Waals surface area contributed by atoms with Gasteiger partial charge in [-0.2, -0.15) is 5.10 Å². The van der Waals surface area contributed by atoms with E-state index in [2.05, 4.69) is 29.3 Å². The van der Waals surface area contributed by atoms with Gasteiger partial charge in [-0.3, -0.25) is 5.10 Å². The Kier molecular flexibility index (Phi) is 2.99. The van der Waals surface area contributed by atoms with E-state index in [1.807, 2.05) is 18.3 Å². The summed E-state index contributed by atoms with van der Waals surface area (Å²) in [4.78, 5) is 11.6. The third kappa shape index (κ3) is 2.05. The van der Waals surface area contributed by atoms with Crippen LogP contribution in [0.5, 0.6) is 0 Å². The van der Waals surface area contributed by atoms with Crippen LogP contribution in [0, 0.1) is 6.92 Å². The lowest BCUT2D eigenvalue weighted by Crippen LogP contribution is -2.00. The number of H-pyrrole nitrogens is 1. The second kappa shape index (κ2) is 4.81. The maximum absolute atomic E-state index is 11.6. The van der Waals surface area contributed by atoms with Crippen molar-refractivity contribution in [2.75, 3.05) is 7.11 Å². The number of aryl methyl sites for hydroxylation is 1. The van der Waals surface area contributed by atoms with Crippen molar-refractivity contribution in [1.29, 1.82) is 0 Å². The molecule has 0 aliphatic heterocycles. The normalized spacial score (nSPS) is 10.7. The zero-order valence-electron chi connectivity index (χ0n) is 11.3. The van der Waals surface area contributed by atoms with Crippen LogP contribution in [0.15, 0.2) is 42.7 Å². The summed E-state index contributed by atoms with van der Waals surface area (Å²) in [6, 6.07) is 9.75. The number of methoxy groups -OCH3 is 1. The Bertz CT molecular complexity index is 777. The van der Waals surface area contributed by atoms with E-state index < -0.39 is 0 Å². The number of ether oxygens (including phenoxy) is 1. The highest BCUT2D eigenvalue weighted by Gasteiger charge is 2.09. The van der Waals surface area contributed by atoms with E-state index >= 15 is 0 Å². The molecule has 4 heteroatoms. The first-order valence-corrected chi connectivity index (χ1v) is 6.31. The molecule has 20 heavy (non-hydrogen) atoms. The molecule has 0 radical (unpaired) electrons. The van der Waals surface area contributed by atoms with E-state index in [0.717, 1.165) is 21.9 Å². The van der Waals surface area contributed by atoms with Crippen LogP contribution >= 0.6 is 0 Å². The summed E-state index contributed by atoms with van der Waals surface area (Å²) in [6.45, 7) is 2.07. The van der Waals surface area contributed by atoms with Crippen molar-refractivity contribution in [3.8, 4) is 11.1 Å². The molecule has 1 N–H and O–H groups in total. The van der Waals surface area contributed by atoms with E-state index in [1.165, 1.54) is 12.7 Å². The standard InChI is InChI=1S/C16H14N2O2/c1-10-5-11-3-4-12(16(19)20-2)6-13(11)7-15(10)14-8-17-18-9-14/h3-9H,1-2H3,(H,17,18). The summed E-state index contributed by atoms with van der Waals surface area (Å²) in [5.41, 5.74) is 3.87. The molecule has 4 nitrogen and oxygen atoms in total. The van der Waals surface area contributed by atoms with Gasteiger partial charge in [0.2, 0.25) is 0 Å². The predicted octanol–water partition coefficient (Wildman–Crippen LogP) is 3.32. The van der Waals surface area contributed by atoms with Crippen molar-refractivity contribution in [3.63, 3.8) is 0 Å². The number of aromatic nitrogens is 2. The molecule has 100 valence electrons. The lowest BCUT2D eigenvalue weighted by molar-refractivity contribution is 0.0601. The predicted molar refractivity (Wildman–Crippen MR) is 77.6 cm³/mol. The third-order valence-corrected chi connectivity index (χ3v) is 3.41. The third-order valence-electron chi connectivity index (χ3n) is 3.41. The molecular formula is C16H14N2O2. The Balaban J connectivity index is 2.19. The molecule has 0 amide bonds. The summed E-state index contributed by atoms with van der Waals surface area (Å²) < 4.78 is 4.76. The van der Waals surface area contributed by atoms with Gasteiger partial charge in [0.05, 0.1) is 18.9 Å². The zero-order chi connectivity index (χ0) is 14.1. The van der Waals surface area contributed by atoms with Crippen LogP contribution in [0.4, 0.5) is 0 Å². The Labute approximate surface area is 116 Å². The van der Waals surface area contributed by atoms with Gasteiger partial charge >= 0.3 is 5.97 Å². The van der Waals surface area contributed by atoms with E-state index in [9.17, 15) is 4.79 Å². The van der Waals surface area contributed by atoms with Crippen molar-refractivity contribution >= 4 is 16.7 Å². The first-order chi connectivity index (χ1) is 9.69. The summed E-state index contributed by atoms with van der Waals surface area (Å²) in [5.74, 6) is -0.322. The number of benzene rings is 2. The molecule has 1 aromatic heterocycles. The molecule has 1 heterocycles. The van der Waals surface area contributed by atoms with E-state index in [4.69, 9.17) is 4.74 Å². The monoisotopic (exact) mass is 266 g/mol. The van der Waals surface area contributed by atoms with Gasteiger partial charge in [0.25, 0.3) is 0 Å². The molecule has 3 aromatic rings. The smallest absolute Gasteiger partial charge is 0.337 e. The highest BCUT2D eigenvalue weighted by molar-refractivity contribution is 5.97. The van der Waals surface area contributed by atoms with Crippen molar-refractivity contribution in [1.82, 2.24) is 10.2 Å². The Morgan fingerprint density at radius 2 is 2.05 bits per heavy atom. The number of fused-ring (bicyclic) bond motifs is 1. The molecule has 2 aromatic carbocycles. The lowest BCUT2D eigenvalue weighted by Gasteiger charge is -2.08. The number of esters is 1. The SMILES string of the molecule is COC(=O)c1ccc2cc(C)c(-c3cn[nH]c3)cc2c1. The molecule has 0 spiro atoms. The number of rotatable bonds is 2. The highest BCUT2D eigenvalue weighted by atomic mass is 16.5. The second-order valence-electron chi connectivity index (χ2n) is 4.71. The molecule has 0 saturated heterocycles. The molecule has 3 rings (SSSR count). The lowest BCUT2D eigenvalue weighted by atomic mass is 9.97. The molecule has 0 bridgehead atoms. The quantitative estimate of drug-likeness (QED) is 0.724. The Morgan fingerprint density at radius 3 is 2.75 bits per heavy atom. The van der Waals surface area contributed by atoms with Crippen LogP contribution in [0.1, 0.15) is 15.9 Å². The van der Waals surface area contributed by atoms with Crippen LogP contribution in [-0.2, 0) is 4.74 Å². The highest BCUT2D eigenvalue weighted by Crippen LogP contribution is 2.28. The molecule has 0 unspecified atom stereocenters. The maximum atomic E-state index is 11.6. The molecule has 0 aliphatic rings. The van der Waals surface area contributed by atoms with Crippen molar-refractivity contribution in [2.24, 2.45) is 0 Å².